The van der Waals surface area contributed by atoms with Crippen LogP contribution in [0.15, 0.2) is 12.3 Å². The molecule has 1 aromatic rings. The Bertz CT molecular complexity index is 263. The Morgan fingerprint density at radius 1 is 1.58 bits per heavy atom. The highest BCUT2D eigenvalue weighted by atomic mass is 35.5. The van der Waals surface area contributed by atoms with Crippen molar-refractivity contribution in [2.24, 2.45) is 0 Å². The minimum Gasteiger partial charge on any atom is -0.504 e. The number of nitrogens with zero attached hydrogens (tertiary/aromatic N) is 1. The minimum absolute atomic E-state index is 0.132. The highest BCUT2D eigenvalue weighted by Crippen LogP contribution is 2.25. The number of rotatable bonds is 3. The van der Waals surface area contributed by atoms with Gasteiger partial charge in [-0.1, -0.05) is 24.9 Å². The third kappa shape index (κ3) is 2.11. The van der Waals surface area contributed by atoms with Crippen molar-refractivity contribution in [3.8, 4) is 5.75 Å². The molecule has 0 aliphatic rings. The van der Waals surface area contributed by atoms with Gasteiger partial charge in [0.15, 0.2) is 10.9 Å². The first-order valence-corrected chi connectivity index (χ1v) is 4.46. The summed E-state index contributed by atoms with van der Waals surface area (Å²) in [5.74, 6) is 0.132. The third-order valence-corrected chi connectivity index (χ3v) is 2.04. The van der Waals surface area contributed by atoms with Crippen LogP contribution >= 0.6 is 11.6 Å². The van der Waals surface area contributed by atoms with Crippen LogP contribution in [-0.2, 0) is 6.42 Å². The van der Waals surface area contributed by atoms with Gasteiger partial charge in [-0.05, 0) is 24.5 Å². The highest BCUT2D eigenvalue weighted by molar-refractivity contribution is 6.30. The number of halogens is 1. The monoisotopic (exact) mass is 185 g/mol. The average Bonchev–Trinajstić information content (AvgIpc) is 2.08. The van der Waals surface area contributed by atoms with Crippen LogP contribution in [0, 0.1) is 0 Å². The fourth-order valence-corrected chi connectivity index (χ4v) is 1.21. The van der Waals surface area contributed by atoms with Gasteiger partial charge in [0.1, 0.15) is 0 Å². The van der Waals surface area contributed by atoms with Crippen molar-refractivity contribution in [1.82, 2.24) is 4.98 Å². The molecule has 12 heavy (non-hydrogen) atoms. The fraction of sp³-hybridized carbons (Fsp3) is 0.444. The lowest BCUT2D eigenvalue weighted by molar-refractivity contribution is 0.464. The summed E-state index contributed by atoms with van der Waals surface area (Å²) in [7, 11) is 0. The van der Waals surface area contributed by atoms with Crippen molar-refractivity contribution in [2.75, 3.05) is 0 Å². The van der Waals surface area contributed by atoms with E-state index in [1.807, 2.05) is 0 Å². The van der Waals surface area contributed by atoms with Gasteiger partial charge >= 0.3 is 0 Å². The number of aromatic hydroxyl groups is 1. The minimum atomic E-state index is 0.132. The lowest BCUT2D eigenvalue weighted by atomic mass is 10.1. The number of aryl methyl sites for hydroxylation is 1. The van der Waals surface area contributed by atoms with Crippen LogP contribution in [-0.4, -0.2) is 10.1 Å². The molecule has 0 fully saturated rings. The predicted molar refractivity (Wildman–Crippen MR) is 49.5 cm³/mol. The molecule has 0 saturated carbocycles. The SMILES string of the molecule is CCCCc1ccnc(Cl)c1O. The van der Waals surface area contributed by atoms with Gasteiger partial charge in [0, 0.05) is 6.20 Å². The number of pyridine rings is 1. The Balaban J connectivity index is 2.78. The zero-order chi connectivity index (χ0) is 8.97. The normalized spacial score (nSPS) is 10.2. The second kappa shape index (κ2) is 4.31. The van der Waals surface area contributed by atoms with Crippen molar-refractivity contribution >= 4 is 11.6 Å². The molecule has 2 nitrogen and oxygen atoms in total. The second-order valence-electron chi connectivity index (χ2n) is 2.71. The van der Waals surface area contributed by atoms with Crippen molar-refractivity contribution in [3.05, 3.63) is 23.0 Å². The number of hydrogen-bond donors (Lipinski definition) is 1. The molecule has 0 atom stereocenters. The molecule has 0 aromatic carbocycles. The van der Waals surface area contributed by atoms with E-state index < -0.39 is 0 Å². The van der Waals surface area contributed by atoms with E-state index in [0.29, 0.717) is 0 Å². The first-order valence-electron chi connectivity index (χ1n) is 4.08. The van der Waals surface area contributed by atoms with E-state index in [0.717, 1.165) is 24.8 Å². The summed E-state index contributed by atoms with van der Waals surface area (Å²) in [6.07, 6.45) is 4.66. The van der Waals surface area contributed by atoms with Gasteiger partial charge in [-0.15, -0.1) is 0 Å². The van der Waals surface area contributed by atoms with Gasteiger partial charge in [-0.2, -0.15) is 0 Å². The van der Waals surface area contributed by atoms with E-state index in [2.05, 4.69) is 11.9 Å². The second-order valence-corrected chi connectivity index (χ2v) is 3.07. The predicted octanol–water partition coefficient (Wildman–Crippen LogP) is 2.78. The lowest BCUT2D eigenvalue weighted by Gasteiger charge is -2.03. The first-order chi connectivity index (χ1) is 5.75. The maximum atomic E-state index is 9.43. The maximum absolute atomic E-state index is 9.43. The van der Waals surface area contributed by atoms with Crippen LogP contribution in [0.3, 0.4) is 0 Å². The summed E-state index contributed by atoms with van der Waals surface area (Å²) in [5.41, 5.74) is 0.886. The van der Waals surface area contributed by atoms with Gasteiger partial charge in [0.05, 0.1) is 0 Å². The summed E-state index contributed by atoms with van der Waals surface area (Å²) >= 11 is 5.63. The maximum Gasteiger partial charge on any atom is 0.171 e. The fourth-order valence-electron chi connectivity index (χ4n) is 1.03. The molecule has 0 aliphatic heterocycles. The van der Waals surface area contributed by atoms with Gasteiger partial charge in [-0.3, -0.25) is 0 Å². The molecule has 1 heterocycles. The smallest absolute Gasteiger partial charge is 0.171 e. The van der Waals surface area contributed by atoms with Crippen molar-refractivity contribution in [2.45, 2.75) is 26.2 Å². The zero-order valence-electron chi connectivity index (χ0n) is 7.05. The van der Waals surface area contributed by atoms with Crippen molar-refractivity contribution in [1.29, 1.82) is 0 Å². The molecule has 0 unspecified atom stereocenters. The molecule has 66 valence electrons. The average molecular weight is 186 g/mol. The Morgan fingerprint density at radius 2 is 2.33 bits per heavy atom. The molecule has 0 aliphatic carbocycles. The van der Waals surface area contributed by atoms with E-state index in [1.54, 1.807) is 12.3 Å². The van der Waals surface area contributed by atoms with E-state index in [9.17, 15) is 5.11 Å². The Kier molecular flexibility index (Phi) is 3.35. The standard InChI is InChI=1S/C9H12ClNO/c1-2-3-4-7-5-6-11-9(10)8(7)12/h5-6,12H,2-4H2,1H3. The summed E-state index contributed by atoms with van der Waals surface area (Å²) in [6, 6.07) is 1.80. The van der Waals surface area contributed by atoms with Crippen molar-refractivity contribution < 1.29 is 5.11 Å². The molecule has 0 spiro atoms. The molecular formula is C9H12ClNO. The van der Waals surface area contributed by atoms with Crippen LogP contribution in [0.5, 0.6) is 5.75 Å². The third-order valence-electron chi connectivity index (χ3n) is 1.76. The van der Waals surface area contributed by atoms with E-state index in [4.69, 9.17) is 11.6 Å². The van der Waals surface area contributed by atoms with Crippen LogP contribution in [0.4, 0.5) is 0 Å². The van der Waals surface area contributed by atoms with E-state index >= 15 is 0 Å². The van der Waals surface area contributed by atoms with E-state index in [-0.39, 0.29) is 10.9 Å². The van der Waals surface area contributed by atoms with Crippen LogP contribution in [0.25, 0.3) is 0 Å². The number of unbranched alkanes of at least 4 members (excludes halogenated alkanes) is 1. The van der Waals surface area contributed by atoms with Gasteiger partial charge < -0.3 is 5.11 Å². The van der Waals surface area contributed by atoms with E-state index in [1.165, 1.54) is 0 Å². The van der Waals surface area contributed by atoms with Crippen LogP contribution in [0.1, 0.15) is 25.3 Å². The van der Waals surface area contributed by atoms with Crippen molar-refractivity contribution in [3.63, 3.8) is 0 Å². The topological polar surface area (TPSA) is 33.1 Å². The first kappa shape index (κ1) is 9.33. The summed E-state index contributed by atoms with van der Waals surface area (Å²) in [6.45, 7) is 2.11. The Labute approximate surface area is 77.2 Å². The highest BCUT2D eigenvalue weighted by Gasteiger charge is 2.04. The number of aromatic nitrogens is 1. The van der Waals surface area contributed by atoms with Gasteiger partial charge in [-0.25, -0.2) is 4.98 Å². The molecular weight excluding hydrogens is 174 g/mol. The molecule has 0 radical (unpaired) electrons. The van der Waals surface area contributed by atoms with Crippen LogP contribution in [0.2, 0.25) is 5.15 Å². The van der Waals surface area contributed by atoms with Gasteiger partial charge in [0.2, 0.25) is 0 Å². The molecule has 0 saturated heterocycles. The zero-order valence-corrected chi connectivity index (χ0v) is 7.80. The summed E-state index contributed by atoms with van der Waals surface area (Å²) in [5, 5.41) is 9.63. The molecule has 1 aromatic heterocycles. The summed E-state index contributed by atoms with van der Waals surface area (Å²) in [4.78, 5) is 3.76. The molecule has 0 bridgehead atoms. The Hall–Kier alpha value is -0.760. The lowest BCUT2D eigenvalue weighted by Crippen LogP contribution is -1.87. The largest absolute Gasteiger partial charge is 0.504 e. The van der Waals surface area contributed by atoms with Crippen LogP contribution < -0.4 is 0 Å². The molecule has 1 rings (SSSR count). The molecule has 3 heteroatoms. The van der Waals surface area contributed by atoms with Gasteiger partial charge in [0.25, 0.3) is 0 Å². The molecule has 1 N–H and O–H groups in total. The quantitative estimate of drug-likeness (QED) is 0.735. The molecule has 0 amide bonds. The number of hydrogen-bond acceptors (Lipinski definition) is 2. The Morgan fingerprint density at radius 3 is 3.00 bits per heavy atom. The summed E-state index contributed by atoms with van der Waals surface area (Å²) < 4.78 is 0.